The van der Waals surface area contributed by atoms with Crippen molar-refractivity contribution in [1.29, 1.82) is 0 Å². The lowest BCUT2D eigenvalue weighted by molar-refractivity contribution is 0.836. The number of hydrogen-bond donors (Lipinski definition) is 1. The van der Waals surface area contributed by atoms with Crippen LogP contribution in [0.15, 0.2) is 42.5 Å². The Balaban J connectivity index is 1.75. The van der Waals surface area contributed by atoms with Crippen molar-refractivity contribution >= 4 is 28.2 Å². The first kappa shape index (κ1) is 13.7. The van der Waals surface area contributed by atoms with E-state index in [1.165, 1.54) is 27.7 Å². The second kappa shape index (κ2) is 5.06. The molecule has 1 N–H and O–H groups in total. The summed E-state index contributed by atoms with van der Waals surface area (Å²) in [4.78, 5) is 5.87. The first-order valence-corrected chi connectivity index (χ1v) is 8.13. The minimum atomic E-state index is 0.491. The number of benzene rings is 2. The smallest absolute Gasteiger partial charge is 0.0647 e. The van der Waals surface area contributed by atoms with Crippen molar-refractivity contribution in [3.63, 3.8) is 0 Å². The van der Waals surface area contributed by atoms with E-state index < -0.39 is 0 Å². The molecule has 0 atom stereocenters. The molecule has 22 heavy (non-hydrogen) atoms. The molecule has 1 aliphatic heterocycles. The van der Waals surface area contributed by atoms with E-state index in [1.54, 1.807) is 0 Å². The molecule has 3 aromatic rings. The summed E-state index contributed by atoms with van der Waals surface area (Å²) in [5, 5.41) is 2.02. The van der Waals surface area contributed by atoms with Gasteiger partial charge in [0.1, 0.15) is 0 Å². The molecule has 2 heterocycles. The Morgan fingerprint density at radius 3 is 2.36 bits per heavy atom. The van der Waals surface area contributed by atoms with Crippen LogP contribution >= 0.6 is 11.6 Å². The molecule has 112 valence electrons. The van der Waals surface area contributed by atoms with Gasteiger partial charge in [-0.15, -0.1) is 0 Å². The Kier molecular flexibility index (Phi) is 3.16. The summed E-state index contributed by atoms with van der Waals surface area (Å²) in [5.41, 5.74) is 6.33. The summed E-state index contributed by atoms with van der Waals surface area (Å²) in [6.07, 6.45) is 0. The molecule has 1 aliphatic rings. The number of rotatable bonds is 2. The molecule has 0 aliphatic carbocycles. The lowest BCUT2D eigenvalue weighted by atomic mass is 10.1. The van der Waals surface area contributed by atoms with Gasteiger partial charge in [0.05, 0.1) is 10.7 Å². The predicted molar refractivity (Wildman–Crippen MR) is 93.7 cm³/mol. The first-order chi connectivity index (χ1) is 10.6. The van der Waals surface area contributed by atoms with E-state index in [9.17, 15) is 0 Å². The van der Waals surface area contributed by atoms with Gasteiger partial charge in [0, 0.05) is 29.7 Å². The number of nitrogens with one attached hydrogen (secondary N) is 1. The van der Waals surface area contributed by atoms with Crippen molar-refractivity contribution in [1.82, 2.24) is 4.98 Å². The van der Waals surface area contributed by atoms with Gasteiger partial charge in [-0.25, -0.2) is 0 Å². The molecule has 3 heteroatoms. The van der Waals surface area contributed by atoms with Gasteiger partial charge in [0.2, 0.25) is 0 Å². The fourth-order valence-electron chi connectivity index (χ4n) is 3.22. The third-order valence-electron chi connectivity index (χ3n) is 4.51. The fourth-order valence-corrected chi connectivity index (χ4v) is 3.51. The van der Waals surface area contributed by atoms with E-state index in [-0.39, 0.29) is 0 Å². The van der Waals surface area contributed by atoms with Crippen LogP contribution in [0.2, 0.25) is 5.02 Å². The van der Waals surface area contributed by atoms with Crippen molar-refractivity contribution in [3.8, 4) is 0 Å². The van der Waals surface area contributed by atoms with Gasteiger partial charge in [-0.05, 0) is 35.2 Å². The SMILES string of the molecule is CC(C)c1cc2cc(Cl)c(N3Cc4ccccc4C3)cc2[nH]1. The Bertz CT molecular complexity index is 823. The average Bonchev–Trinajstić information content (AvgIpc) is 3.09. The molecule has 0 amide bonds. The highest BCUT2D eigenvalue weighted by Gasteiger charge is 2.21. The van der Waals surface area contributed by atoms with Gasteiger partial charge in [-0.1, -0.05) is 49.7 Å². The van der Waals surface area contributed by atoms with E-state index in [1.807, 2.05) is 0 Å². The van der Waals surface area contributed by atoms with Gasteiger partial charge >= 0.3 is 0 Å². The molecule has 2 aromatic carbocycles. The van der Waals surface area contributed by atoms with Crippen molar-refractivity contribution in [2.75, 3.05) is 4.90 Å². The molecular formula is C19H19ClN2. The Morgan fingerprint density at radius 1 is 1.05 bits per heavy atom. The third kappa shape index (κ3) is 2.19. The number of hydrogen-bond acceptors (Lipinski definition) is 1. The summed E-state index contributed by atoms with van der Waals surface area (Å²) >= 11 is 6.56. The minimum absolute atomic E-state index is 0.491. The normalized spacial score (nSPS) is 14.1. The molecule has 0 radical (unpaired) electrons. The van der Waals surface area contributed by atoms with Gasteiger partial charge in [-0.2, -0.15) is 0 Å². The van der Waals surface area contributed by atoms with Crippen molar-refractivity contribution in [3.05, 3.63) is 64.3 Å². The van der Waals surface area contributed by atoms with Crippen LogP contribution in [0.3, 0.4) is 0 Å². The zero-order valence-corrected chi connectivity index (χ0v) is 13.6. The molecule has 0 spiro atoms. The molecular weight excluding hydrogens is 292 g/mol. The second-order valence-electron chi connectivity index (χ2n) is 6.40. The lowest BCUT2D eigenvalue weighted by Crippen LogP contribution is -2.14. The fraction of sp³-hybridized carbons (Fsp3) is 0.263. The maximum atomic E-state index is 6.56. The molecule has 4 rings (SSSR count). The molecule has 0 unspecified atom stereocenters. The Hall–Kier alpha value is -1.93. The van der Waals surface area contributed by atoms with Crippen LogP contribution in [0.1, 0.15) is 36.6 Å². The van der Waals surface area contributed by atoms with Crippen molar-refractivity contribution in [2.24, 2.45) is 0 Å². The maximum Gasteiger partial charge on any atom is 0.0647 e. The van der Waals surface area contributed by atoms with Gasteiger partial charge < -0.3 is 9.88 Å². The maximum absolute atomic E-state index is 6.56. The number of nitrogens with zero attached hydrogens (tertiary/aromatic N) is 1. The number of fused-ring (bicyclic) bond motifs is 2. The number of anilines is 1. The largest absolute Gasteiger partial charge is 0.362 e. The van der Waals surface area contributed by atoms with E-state index in [4.69, 9.17) is 11.6 Å². The predicted octanol–water partition coefficient (Wildman–Crippen LogP) is 5.46. The second-order valence-corrected chi connectivity index (χ2v) is 6.80. The van der Waals surface area contributed by atoms with Crippen LogP contribution < -0.4 is 4.90 Å². The summed E-state index contributed by atoms with van der Waals surface area (Å²) < 4.78 is 0. The van der Waals surface area contributed by atoms with Crippen LogP contribution in [0.25, 0.3) is 10.9 Å². The monoisotopic (exact) mass is 310 g/mol. The van der Waals surface area contributed by atoms with Gasteiger partial charge in [-0.3, -0.25) is 0 Å². The van der Waals surface area contributed by atoms with E-state index >= 15 is 0 Å². The Morgan fingerprint density at radius 2 is 1.73 bits per heavy atom. The summed E-state index contributed by atoms with van der Waals surface area (Å²) in [5.74, 6) is 0.491. The number of aromatic amines is 1. The number of H-pyrrole nitrogens is 1. The van der Waals surface area contributed by atoms with Crippen molar-refractivity contribution in [2.45, 2.75) is 32.9 Å². The topological polar surface area (TPSA) is 19.0 Å². The summed E-state index contributed by atoms with van der Waals surface area (Å²) in [6, 6.07) is 15.1. The molecule has 0 saturated carbocycles. The molecule has 1 aromatic heterocycles. The highest BCUT2D eigenvalue weighted by molar-refractivity contribution is 6.34. The van der Waals surface area contributed by atoms with E-state index in [2.05, 4.69) is 66.2 Å². The quantitative estimate of drug-likeness (QED) is 0.665. The molecule has 2 nitrogen and oxygen atoms in total. The van der Waals surface area contributed by atoms with Gasteiger partial charge in [0.25, 0.3) is 0 Å². The average molecular weight is 311 g/mol. The zero-order valence-electron chi connectivity index (χ0n) is 12.9. The number of aromatic nitrogens is 1. The highest BCUT2D eigenvalue weighted by atomic mass is 35.5. The summed E-state index contributed by atoms with van der Waals surface area (Å²) in [6.45, 7) is 6.26. The third-order valence-corrected chi connectivity index (χ3v) is 4.82. The summed E-state index contributed by atoms with van der Waals surface area (Å²) in [7, 11) is 0. The molecule has 0 bridgehead atoms. The van der Waals surface area contributed by atoms with Crippen LogP contribution in [-0.4, -0.2) is 4.98 Å². The van der Waals surface area contributed by atoms with E-state index in [0.29, 0.717) is 5.92 Å². The van der Waals surface area contributed by atoms with Crippen molar-refractivity contribution < 1.29 is 0 Å². The van der Waals surface area contributed by atoms with E-state index in [0.717, 1.165) is 23.8 Å². The minimum Gasteiger partial charge on any atom is -0.362 e. The molecule has 0 saturated heterocycles. The number of halogens is 1. The van der Waals surface area contributed by atoms with Crippen LogP contribution in [-0.2, 0) is 13.1 Å². The Labute approximate surface area is 135 Å². The first-order valence-electron chi connectivity index (χ1n) is 7.75. The lowest BCUT2D eigenvalue weighted by Gasteiger charge is -2.19. The van der Waals surface area contributed by atoms with Crippen LogP contribution in [0.5, 0.6) is 0 Å². The van der Waals surface area contributed by atoms with Crippen LogP contribution in [0, 0.1) is 0 Å². The van der Waals surface area contributed by atoms with Gasteiger partial charge in [0.15, 0.2) is 0 Å². The highest BCUT2D eigenvalue weighted by Crippen LogP contribution is 2.36. The zero-order chi connectivity index (χ0) is 15.3. The van der Waals surface area contributed by atoms with Crippen LogP contribution in [0.4, 0.5) is 5.69 Å². The molecule has 0 fully saturated rings. The standard InChI is InChI=1S/C19H19ClN2/c1-12(2)17-8-15-7-16(20)19(9-18(15)21-17)22-10-13-5-3-4-6-14(13)11-22/h3-9,12,21H,10-11H2,1-2H3.